The van der Waals surface area contributed by atoms with E-state index in [4.69, 9.17) is 37.3 Å². The maximum absolute atomic E-state index is 12.5. The Hall–Kier alpha value is -1.97. The molecule has 1 atom stereocenters. The number of fused-ring (bicyclic) bond motifs is 1. The highest BCUT2D eigenvalue weighted by molar-refractivity contribution is 6.48. The fourth-order valence-electron chi connectivity index (χ4n) is 2.53. The Morgan fingerprint density at radius 1 is 1.31 bits per heavy atom. The lowest BCUT2D eigenvalue weighted by molar-refractivity contribution is -0.161. The summed E-state index contributed by atoms with van der Waals surface area (Å²) >= 11 is 12.3. The third-order valence-electron chi connectivity index (χ3n) is 4.14. The summed E-state index contributed by atoms with van der Waals surface area (Å²) in [7, 11) is -1.40. The van der Waals surface area contributed by atoms with Gasteiger partial charge in [0.15, 0.2) is 0 Å². The standard InChI is InChI=1S/C18H22BCl2NO7/c1-5-12(23)22-11-7-9-6-10(20)14(21)13(15(9)29-19(11)26)16(24)27-8-28-17(25)18(2,3)4/h6,11,26H,5,7-8H2,1-4H3,(H,22,23). The van der Waals surface area contributed by atoms with Crippen LogP contribution < -0.4 is 9.97 Å². The highest BCUT2D eigenvalue weighted by Gasteiger charge is 2.39. The van der Waals surface area contributed by atoms with Gasteiger partial charge < -0.3 is 24.5 Å². The van der Waals surface area contributed by atoms with Gasteiger partial charge in [-0.2, -0.15) is 0 Å². The number of carbonyl (C=O) groups is 3. The van der Waals surface area contributed by atoms with Crippen LogP contribution in [-0.2, 0) is 25.5 Å². The van der Waals surface area contributed by atoms with Crippen LogP contribution >= 0.6 is 23.2 Å². The van der Waals surface area contributed by atoms with Crippen molar-refractivity contribution in [3.63, 3.8) is 0 Å². The van der Waals surface area contributed by atoms with Crippen molar-refractivity contribution in [1.82, 2.24) is 5.32 Å². The number of nitrogens with one attached hydrogen (secondary N) is 1. The van der Waals surface area contributed by atoms with E-state index in [1.807, 2.05) is 0 Å². The first kappa shape index (κ1) is 23.3. The van der Waals surface area contributed by atoms with Crippen LogP contribution in [0.5, 0.6) is 5.75 Å². The molecule has 2 rings (SSSR count). The minimum Gasteiger partial charge on any atom is -0.534 e. The van der Waals surface area contributed by atoms with Gasteiger partial charge in [0.2, 0.25) is 12.7 Å². The lowest BCUT2D eigenvalue weighted by atomic mass is 9.72. The molecule has 11 heteroatoms. The van der Waals surface area contributed by atoms with Gasteiger partial charge >= 0.3 is 19.1 Å². The van der Waals surface area contributed by atoms with Gasteiger partial charge in [0.1, 0.15) is 11.3 Å². The number of halogens is 2. The first-order valence-corrected chi connectivity index (χ1v) is 9.70. The van der Waals surface area contributed by atoms with Crippen LogP contribution in [-0.4, -0.2) is 42.7 Å². The molecule has 158 valence electrons. The molecule has 0 spiro atoms. The Morgan fingerprint density at radius 2 is 1.97 bits per heavy atom. The fourth-order valence-corrected chi connectivity index (χ4v) is 2.97. The summed E-state index contributed by atoms with van der Waals surface area (Å²) in [6.45, 7) is 6.03. The number of amides is 1. The SMILES string of the molecule is CCC(=O)NC1Cc2cc(Cl)c(Cl)c(C(=O)OCOC(=O)C(C)(C)C)c2OB1O. The molecule has 1 aliphatic rings. The predicted molar refractivity (Wildman–Crippen MR) is 107 cm³/mol. The van der Waals surface area contributed by atoms with Crippen molar-refractivity contribution in [1.29, 1.82) is 0 Å². The Balaban J connectivity index is 2.22. The lowest BCUT2D eigenvalue weighted by Gasteiger charge is -2.29. The Bertz CT molecular complexity index is 825. The van der Waals surface area contributed by atoms with Gasteiger partial charge in [-0.05, 0) is 38.8 Å². The van der Waals surface area contributed by atoms with Crippen molar-refractivity contribution in [2.75, 3.05) is 6.79 Å². The molecule has 0 aliphatic carbocycles. The summed E-state index contributed by atoms with van der Waals surface area (Å²) in [5, 5.41) is 12.8. The molecule has 1 amide bonds. The molecule has 1 aliphatic heterocycles. The zero-order valence-corrected chi connectivity index (χ0v) is 18.0. The maximum atomic E-state index is 12.5. The molecule has 2 N–H and O–H groups in total. The third-order valence-corrected chi connectivity index (χ3v) is 4.92. The van der Waals surface area contributed by atoms with Crippen LogP contribution in [0.4, 0.5) is 0 Å². The average Bonchev–Trinajstić information content (AvgIpc) is 2.63. The van der Waals surface area contributed by atoms with Crippen molar-refractivity contribution in [3.8, 4) is 5.75 Å². The third kappa shape index (κ3) is 5.55. The first-order chi connectivity index (χ1) is 13.5. The number of ether oxygens (including phenoxy) is 2. The van der Waals surface area contributed by atoms with Crippen molar-refractivity contribution in [2.45, 2.75) is 46.5 Å². The zero-order chi connectivity index (χ0) is 21.9. The van der Waals surface area contributed by atoms with E-state index in [2.05, 4.69) is 5.32 Å². The normalized spacial score (nSPS) is 15.8. The average molecular weight is 446 g/mol. The molecule has 1 unspecified atom stereocenters. The highest BCUT2D eigenvalue weighted by Crippen LogP contribution is 2.39. The molecule has 1 aromatic rings. The molecule has 0 bridgehead atoms. The number of hydrogen-bond acceptors (Lipinski definition) is 7. The molecule has 1 heterocycles. The lowest BCUT2D eigenvalue weighted by Crippen LogP contribution is -2.53. The van der Waals surface area contributed by atoms with Gasteiger partial charge in [0.05, 0.1) is 21.4 Å². The molecule has 29 heavy (non-hydrogen) atoms. The van der Waals surface area contributed by atoms with Crippen LogP contribution in [0.25, 0.3) is 0 Å². The molecule has 0 fully saturated rings. The summed E-state index contributed by atoms with van der Waals surface area (Å²) in [6, 6.07) is 1.49. The topological polar surface area (TPSA) is 111 Å². The monoisotopic (exact) mass is 445 g/mol. The minimum atomic E-state index is -1.40. The van der Waals surface area contributed by atoms with Crippen molar-refractivity contribution in [3.05, 3.63) is 27.2 Å². The molecule has 0 saturated heterocycles. The highest BCUT2D eigenvalue weighted by atomic mass is 35.5. The van der Waals surface area contributed by atoms with Gasteiger partial charge in [-0.25, -0.2) is 4.79 Å². The number of carbonyl (C=O) groups excluding carboxylic acids is 3. The molecule has 1 aromatic carbocycles. The van der Waals surface area contributed by atoms with Crippen LogP contribution in [0.1, 0.15) is 50.0 Å². The van der Waals surface area contributed by atoms with E-state index < -0.39 is 37.2 Å². The van der Waals surface area contributed by atoms with Crippen LogP contribution in [0, 0.1) is 5.41 Å². The zero-order valence-electron chi connectivity index (χ0n) is 16.5. The fraction of sp³-hybridized carbons (Fsp3) is 0.500. The molecular formula is C18H22BCl2NO7. The van der Waals surface area contributed by atoms with E-state index in [9.17, 15) is 19.4 Å². The summed E-state index contributed by atoms with van der Waals surface area (Å²) in [5.41, 5.74) is -0.491. The minimum absolute atomic E-state index is 0.000968. The smallest absolute Gasteiger partial charge is 0.534 e. The van der Waals surface area contributed by atoms with Crippen LogP contribution in [0.2, 0.25) is 10.0 Å². The molecule has 0 aromatic heterocycles. The van der Waals surface area contributed by atoms with Crippen LogP contribution in [0.15, 0.2) is 6.07 Å². The van der Waals surface area contributed by atoms with Gasteiger partial charge in [-0.1, -0.05) is 30.1 Å². The molecular weight excluding hydrogens is 424 g/mol. The first-order valence-electron chi connectivity index (χ1n) is 8.95. The number of hydrogen-bond donors (Lipinski definition) is 2. The Labute approximate surface area is 178 Å². The van der Waals surface area contributed by atoms with E-state index >= 15 is 0 Å². The summed E-state index contributed by atoms with van der Waals surface area (Å²) in [4.78, 5) is 36.0. The number of benzene rings is 1. The molecule has 8 nitrogen and oxygen atoms in total. The molecule has 0 radical (unpaired) electrons. The second-order valence-corrected chi connectivity index (χ2v) is 8.29. The quantitative estimate of drug-likeness (QED) is 0.407. The number of esters is 2. The largest absolute Gasteiger partial charge is 0.547 e. The van der Waals surface area contributed by atoms with E-state index in [1.54, 1.807) is 27.7 Å². The summed E-state index contributed by atoms with van der Waals surface area (Å²) < 4.78 is 15.3. The number of rotatable bonds is 5. The molecule has 0 saturated carbocycles. The van der Waals surface area contributed by atoms with E-state index in [-0.39, 0.29) is 40.1 Å². The Morgan fingerprint density at radius 3 is 2.55 bits per heavy atom. The second kappa shape index (κ2) is 9.23. The summed E-state index contributed by atoms with van der Waals surface area (Å²) in [6.07, 6.45) is 0.404. The maximum Gasteiger partial charge on any atom is 0.547 e. The summed E-state index contributed by atoms with van der Waals surface area (Å²) in [5.74, 6) is -2.46. The van der Waals surface area contributed by atoms with Gasteiger partial charge in [0, 0.05) is 6.42 Å². The second-order valence-electron chi connectivity index (χ2n) is 7.51. The Kier molecular flexibility index (Phi) is 7.42. The predicted octanol–water partition coefficient (Wildman–Crippen LogP) is 2.55. The van der Waals surface area contributed by atoms with Gasteiger partial charge in [0.25, 0.3) is 0 Å². The van der Waals surface area contributed by atoms with E-state index in [0.717, 1.165) is 0 Å². The van der Waals surface area contributed by atoms with Gasteiger partial charge in [-0.3, -0.25) is 9.59 Å². The van der Waals surface area contributed by atoms with Crippen molar-refractivity contribution in [2.24, 2.45) is 5.41 Å². The van der Waals surface area contributed by atoms with Crippen LogP contribution in [0.3, 0.4) is 0 Å². The van der Waals surface area contributed by atoms with Crippen molar-refractivity contribution < 1.29 is 33.5 Å². The van der Waals surface area contributed by atoms with Crippen molar-refractivity contribution >= 4 is 48.2 Å². The van der Waals surface area contributed by atoms with E-state index in [0.29, 0.717) is 5.56 Å². The van der Waals surface area contributed by atoms with E-state index in [1.165, 1.54) is 6.07 Å². The van der Waals surface area contributed by atoms with Gasteiger partial charge in [-0.15, -0.1) is 0 Å².